The summed E-state index contributed by atoms with van der Waals surface area (Å²) >= 11 is 0. The van der Waals surface area contributed by atoms with Crippen LogP contribution in [-0.4, -0.2) is 14.4 Å². The Morgan fingerprint density at radius 1 is 1.60 bits per heavy atom. The van der Waals surface area contributed by atoms with Gasteiger partial charge in [-0.25, -0.2) is 0 Å². The Labute approximate surface area is 93.6 Å². The quantitative estimate of drug-likeness (QED) is 0.829. The minimum absolute atomic E-state index is 0.232. The lowest BCUT2D eigenvalue weighted by Gasteiger charge is -2.10. The van der Waals surface area contributed by atoms with Gasteiger partial charge in [0.25, 0.3) is 0 Å². The highest BCUT2D eigenvalue weighted by molar-refractivity contribution is 7.84. The number of aromatic nitrogens is 1. The van der Waals surface area contributed by atoms with Crippen LogP contribution in [0.4, 0.5) is 0 Å². The molecule has 0 saturated heterocycles. The molecular weight excluding hydrogens is 208 g/mol. The van der Waals surface area contributed by atoms with Crippen LogP contribution in [0.15, 0.2) is 18.3 Å². The van der Waals surface area contributed by atoms with Crippen molar-refractivity contribution < 1.29 is 4.21 Å². The van der Waals surface area contributed by atoms with Crippen LogP contribution in [0.25, 0.3) is 0 Å². The fraction of sp³-hybridized carbons (Fsp3) is 0.545. The molecule has 0 radical (unpaired) electrons. The van der Waals surface area contributed by atoms with Crippen molar-refractivity contribution in [2.75, 3.05) is 0 Å². The molecule has 15 heavy (non-hydrogen) atoms. The number of nitrogens with zero attached hydrogens (tertiary/aromatic N) is 1. The second-order valence-corrected chi connectivity index (χ2v) is 5.41. The minimum atomic E-state index is -0.823. The highest BCUT2D eigenvalue weighted by Gasteiger charge is 2.11. The molecule has 1 rings (SSSR count). The van der Waals surface area contributed by atoms with Gasteiger partial charge in [0.1, 0.15) is 0 Å². The van der Waals surface area contributed by atoms with Crippen molar-refractivity contribution in [2.24, 2.45) is 5.73 Å². The molecule has 0 aliphatic heterocycles. The lowest BCUT2D eigenvalue weighted by Crippen LogP contribution is -2.13. The van der Waals surface area contributed by atoms with E-state index in [9.17, 15) is 4.21 Å². The molecule has 4 heteroatoms. The van der Waals surface area contributed by atoms with E-state index < -0.39 is 10.8 Å². The summed E-state index contributed by atoms with van der Waals surface area (Å²) < 4.78 is 11.9. The summed E-state index contributed by atoms with van der Waals surface area (Å²) in [5.41, 5.74) is 7.44. The molecule has 2 atom stereocenters. The van der Waals surface area contributed by atoms with Gasteiger partial charge < -0.3 is 5.73 Å². The molecule has 0 aromatic carbocycles. The Bertz CT molecular complexity index is 341. The summed E-state index contributed by atoms with van der Waals surface area (Å²) in [5, 5.41) is 0.232. The zero-order valence-corrected chi connectivity index (χ0v) is 10.1. The first-order valence-corrected chi connectivity index (χ1v) is 6.57. The molecular formula is C11H18N2OS. The van der Waals surface area contributed by atoms with E-state index in [0.717, 1.165) is 17.7 Å². The van der Waals surface area contributed by atoms with E-state index in [1.54, 1.807) is 6.20 Å². The van der Waals surface area contributed by atoms with Crippen LogP contribution in [0.1, 0.15) is 31.5 Å². The summed E-state index contributed by atoms with van der Waals surface area (Å²) in [6.07, 6.45) is 2.66. The largest absolute Gasteiger partial charge is 0.325 e. The van der Waals surface area contributed by atoms with Crippen LogP contribution >= 0.6 is 0 Å². The predicted octanol–water partition coefficient (Wildman–Crippen LogP) is 1.59. The van der Waals surface area contributed by atoms with Crippen molar-refractivity contribution in [1.29, 1.82) is 0 Å². The van der Waals surface area contributed by atoms with Gasteiger partial charge in [-0.15, -0.1) is 0 Å². The van der Waals surface area contributed by atoms with E-state index in [1.165, 1.54) is 0 Å². The molecule has 1 heterocycles. The zero-order chi connectivity index (χ0) is 11.3. The third kappa shape index (κ3) is 3.39. The van der Waals surface area contributed by atoms with E-state index in [0.29, 0.717) is 12.3 Å². The smallest absolute Gasteiger partial charge is 0.0580 e. The molecule has 0 spiro atoms. The first-order valence-electron chi connectivity index (χ1n) is 5.19. The molecule has 2 unspecified atom stereocenters. The Kier molecular flexibility index (Phi) is 4.91. The van der Waals surface area contributed by atoms with Gasteiger partial charge in [-0.2, -0.15) is 0 Å². The van der Waals surface area contributed by atoms with Crippen molar-refractivity contribution in [1.82, 2.24) is 4.98 Å². The molecule has 0 aliphatic carbocycles. The Balaban J connectivity index is 2.76. The van der Waals surface area contributed by atoms with E-state index in [1.807, 2.05) is 19.1 Å². The van der Waals surface area contributed by atoms with Crippen LogP contribution in [0.5, 0.6) is 0 Å². The molecule has 1 aromatic heterocycles. The predicted molar refractivity (Wildman–Crippen MR) is 63.7 cm³/mol. The standard InChI is InChI=1S/C11H18N2OS/c1-3-9(2)15(14)8-10-5-4-6-13-11(10)7-12/h4-6,9H,3,7-8,12H2,1-2H3. The number of pyridine rings is 1. The van der Waals surface area contributed by atoms with Gasteiger partial charge in [-0.05, 0) is 18.1 Å². The van der Waals surface area contributed by atoms with Gasteiger partial charge >= 0.3 is 0 Å². The lowest BCUT2D eigenvalue weighted by atomic mass is 10.2. The van der Waals surface area contributed by atoms with Gasteiger partial charge in [0.15, 0.2) is 0 Å². The highest BCUT2D eigenvalue weighted by Crippen LogP contribution is 2.11. The Hall–Kier alpha value is -0.740. The van der Waals surface area contributed by atoms with Crippen molar-refractivity contribution in [3.63, 3.8) is 0 Å². The van der Waals surface area contributed by atoms with Crippen molar-refractivity contribution in [3.05, 3.63) is 29.6 Å². The van der Waals surface area contributed by atoms with Crippen LogP contribution in [-0.2, 0) is 23.1 Å². The van der Waals surface area contributed by atoms with Gasteiger partial charge in [0, 0.05) is 28.8 Å². The monoisotopic (exact) mass is 226 g/mol. The molecule has 1 aromatic rings. The van der Waals surface area contributed by atoms with E-state index in [4.69, 9.17) is 5.73 Å². The first-order chi connectivity index (χ1) is 7.19. The van der Waals surface area contributed by atoms with Crippen LogP contribution < -0.4 is 5.73 Å². The summed E-state index contributed by atoms with van der Waals surface area (Å²) in [4.78, 5) is 4.18. The highest BCUT2D eigenvalue weighted by atomic mass is 32.2. The number of hydrogen-bond acceptors (Lipinski definition) is 3. The molecule has 0 fully saturated rings. The zero-order valence-electron chi connectivity index (χ0n) is 9.27. The van der Waals surface area contributed by atoms with Crippen molar-refractivity contribution >= 4 is 10.8 Å². The van der Waals surface area contributed by atoms with E-state index in [2.05, 4.69) is 11.9 Å². The Morgan fingerprint density at radius 3 is 2.93 bits per heavy atom. The number of nitrogens with two attached hydrogens (primary N) is 1. The third-order valence-electron chi connectivity index (χ3n) is 2.50. The SMILES string of the molecule is CCC(C)S(=O)Cc1cccnc1CN. The van der Waals surface area contributed by atoms with Crippen LogP contribution in [0.2, 0.25) is 0 Å². The summed E-state index contributed by atoms with van der Waals surface area (Å²) in [5.74, 6) is 0.565. The second-order valence-electron chi connectivity index (χ2n) is 3.56. The van der Waals surface area contributed by atoms with Gasteiger partial charge in [0.05, 0.1) is 11.4 Å². The summed E-state index contributed by atoms with van der Waals surface area (Å²) in [6.45, 7) is 4.47. The molecule has 0 amide bonds. The van der Waals surface area contributed by atoms with Crippen molar-refractivity contribution in [3.8, 4) is 0 Å². The normalized spacial score (nSPS) is 14.9. The molecule has 3 nitrogen and oxygen atoms in total. The maximum Gasteiger partial charge on any atom is 0.0580 e. The first kappa shape index (κ1) is 12.3. The molecule has 0 aliphatic rings. The fourth-order valence-corrected chi connectivity index (χ4v) is 2.49. The average molecular weight is 226 g/mol. The number of hydrogen-bond donors (Lipinski definition) is 1. The topological polar surface area (TPSA) is 56.0 Å². The Morgan fingerprint density at radius 2 is 2.33 bits per heavy atom. The lowest BCUT2D eigenvalue weighted by molar-refractivity contribution is 0.669. The van der Waals surface area contributed by atoms with Crippen LogP contribution in [0, 0.1) is 0 Å². The molecule has 0 bridgehead atoms. The minimum Gasteiger partial charge on any atom is -0.325 e. The maximum absolute atomic E-state index is 11.9. The fourth-order valence-electron chi connectivity index (χ4n) is 1.27. The van der Waals surface area contributed by atoms with Gasteiger partial charge in [0.2, 0.25) is 0 Å². The average Bonchev–Trinajstić information content (AvgIpc) is 2.28. The summed E-state index contributed by atoms with van der Waals surface area (Å²) in [7, 11) is -0.823. The second kappa shape index (κ2) is 5.98. The summed E-state index contributed by atoms with van der Waals surface area (Å²) in [6, 6.07) is 3.82. The number of rotatable bonds is 5. The van der Waals surface area contributed by atoms with Gasteiger partial charge in [-0.3, -0.25) is 9.19 Å². The van der Waals surface area contributed by atoms with Crippen molar-refractivity contribution in [2.45, 2.75) is 37.8 Å². The van der Waals surface area contributed by atoms with Gasteiger partial charge in [-0.1, -0.05) is 19.9 Å². The maximum atomic E-state index is 11.9. The van der Waals surface area contributed by atoms with E-state index >= 15 is 0 Å². The van der Waals surface area contributed by atoms with Crippen LogP contribution in [0.3, 0.4) is 0 Å². The molecule has 0 saturated carbocycles. The van der Waals surface area contributed by atoms with E-state index in [-0.39, 0.29) is 5.25 Å². The third-order valence-corrected chi connectivity index (χ3v) is 4.33. The molecule has 84 valence electrons. The molecule has 2 N–H and O–H groups in total.